The van der Waals surface area contributed by atoms with E-state index in [0.717, 1.165) is 73.4 Å². The van der Waals surface area contributed by atoms with Gasteiger partial charge < -0.3 is 34.5 Å². The number of pyridine rings is 1. The first-order valence-electron chi connectivity index (χ1n) is 22.8. The molecular weight excluding hydrogens is 868 g/mol. The van der Waals surface area contributed by atoms with Gasteiger partial charge >= 0.3 is 0 Å². The van der Waals surface area contributed by atoms with Gasteiger partial charge in [0.25, 0.3) is 23.3 Å². The van der Waals surface area contributed by atoms with Crippen molar-refractivity contribution in [3.63, 3.8) is 0 Å². The molecule has 0 unspecified atom stereocenters. The molecule has 2 aromatic carbocycles. The number of ether oxygens (including phenoxy) is 2. The molecule has 5 amide bonds. The summed E-state index contributed by atoms with van der Waals surface area (Å²) in [5, 5.41) is 9.19. The summed E-state index contributed by atoms with van der Waals surface area (Å²) in [7, 11) is 1.51. The number of nitrogens with zero attached hydrogens (tertiary/aromatic N) is 7. The number of piperazine rings is 1. The average Bonchev–Trinajstić information content (AvgIpc) is 3.52. The molecule has 18 nitrogen and oxygen atoms in total. The van der Waals surface area contributed by atoms with Crippen LogP contribution in [-0.2, 0) is 19.1 Å². The van der Waals surface area contributed by atoms with Crippen molar-refractivity contribution in [3.05, 3.63) is 75.2 Å². The standard InChI is InChI=1S/C47H55ClN10O8/c1-25(2)56-37-9-6-29(16-28(37)17-39(46(56)64)65-24-41(60)49-5)51-42-36(48)21-50-47(53-42)54-14-12-32(13-15-54)66-33-18-31(19-33)57-26(3)22-55(23-27(57)4)30-7-8-34-35(20-30)45(63)58(44(34)62)38-10-11-40(59)52-43(38)61/h6-9,16-17,20-21,25-27,31-33,38H,10-15,18-19,22-24H2,1-5H3,(H,49,60)(H,50,51,53)(H,52,59,61)/t26-,27-,31?,33?,38+/m0/s1. The van der Waals surface area contributed by atoms with Crippen molar-refractivity contribution >= 4 is 75.2 Å². The lowest BCUT2D eigenvalue weighted by Crippen LogP contribution is -2.63. The minimum absolute atomic E-state index is 0.0795. The van der Waals surface area contributed by atoms with Gasteiger partial charge in [0, 0.05) is 80.6 Å². The number of fused-ring (bicyclic) bond motifs is 2. The maximum atomic E-state index is 13.5. The Morgan fingerprint density at radius 2 is 1.64 bits per heavy atom. The van der Waals surface area contributed by atoms with Crippen LogP contribution in [0.3, 0.4) is 0 Å². The fourth-order valence-electron chi connectivity index (χ4n) is 10.2. The van der Waals surface area contributed by atoms with Crippen LogP contribution in [0.4, 0.5) is 23.1 Å². The van der Waals surface area contributed by atoms with Crippen LogP contribution in [0.15, 0.2) is 53.5 Å². The maximum absolute atomic E-state index is 13.5. The number of carbonyl (C=O) groups excluding carboxylic acids is 5. The zero-order chi connectivity index (χ0) is 46.6. The average molecular weight is 923 g/mol. The zero-order valence-electron chi connectivity index (χ0n) is 37.7. The van der Waals surface area contributed by atoms with Gasteiger partial charge in [-0.15, -0.1) is 0 Å². The molecule has 6 heterocycles. The molecule has 0 spiro atoms. The highest BCUT2D eigenvalue weighted by atomic mass is 35.5. The lowest BCUT2D eigenvalue weighted by molar-refractivity contribution is -0.136. The number of hydrogen-bond acceptors (Lipinski definition) is 14. The molecule has 0 radical (unpaired) electrons. The largest absolute Gasteiger partial charge is 0.478 e. The Balaban J connectivity index is 0.767. The number of anilines is 4. The van der Waals surface area contributed by atoms with Crippen LogP contribution in [0.25, 0.3) is 10.9 Å². The number of likely N-dealkylation sites (N-methyl/N-ethyl adjacent to an activating group) is 1. The SMILES string of the molecule is CNC(=O)COc1cc2cc(Nc3nc(N4CCC(OC5CC(N6[C@@H](C)CN(c7ccc8c(c7)C(=O)N([C@@H]7CCC(=O)NC7=O)C8=O)C[C@@H]6C)C5)CC4)ncc3Cl)ccc2n(C(C)C)c1=O. The maximum Gasteiger partial charge on any atom is 0.293 e. The van der Waals surface area contributed by atoms with E-state index in [1.807, 2.05) is 38.1 Å². The topological polar surface area (TPSA) is 201 Å². The molecule has 4 aromatic rings. The Kier molecular flexibility index (Phi) is 12.5. The third-order valence-electron chi connectivity index (χ3n) is 13.5. The van der Waals surface area contributed by atoms with E-state index in [2.05, 4.69) is 49.5 Å². The molecule has 1 saturated carbocycles. The summed E-state index contributed by atoms with van der Waals surface area (Å²) >= 11 is 6.61. The summed E-state index contributed by atoms with van der Waals surface area (Å²) in [6, 6.07) is 12.3. The number of halogens is 1. The number of carbonyl (C=O) groups is 5. The first kappa shape index (κ1) is 45.1. The number of aromatic nitrogens is 3. The molecule has 3 N–H and O–H groups in total. The van der Waals surface area contributed by atoms with E-state index in [1.54, 1.807) is 29.0 Å². The van der Waals surface area contributed by atoms with Crippen LogP contribution in [-0.4, -0.2) is 130 Å². The Hall–Kier alpha value is -6.11. The first-order chi connectivity index (χ1) is 31.7. The number of rotatable bonds is 12. The fourth-order valence-corrected chi connectivity index (χ4v) is 10.4. The van der Waals surface area contributed by atoms with E-state index < -0.39 is 29.7 Å². The van der Waals surface area contributed by atoms with Crippen LogP contribution in [0, 0.1) is 0 Å². The first-order valence-corrected chi connectivity index (χ1v) is 23.2. The molecule has 3 atom stereocenters. The Morgan fingerprint density at radius 3 is 2.33 bits per heavy atom. The van der Waals surface area contributed by atoms with E-state index in [9.17, 15) is 28.8 Å². The molecule has 1 aliphatic carbocycles. The van der Waals surface area contributed by atoms with Gasteiger partial charge in [-0.05, 0) is 102 Å². The molecular formula is C47H55ClN10O8. The number of benzene rings is 2. The van der Waals surface area contributed by atoms with Crippen LogP contribution in [0.2, 0.25) is 5.02 Å². The minimum atomic E-state index is -0.993. The number of piperidine rings is 2. The minimum Gasteiger partial charge on any atom is -0.478 e. The predicted molar refractivity (Wildman–Crippen MR) is 248 cm³/mol. The summed E-state index contributed by atoms with van der Waals surface area (Å²) in [4.78, 5) is 93.5. The van der Waals surface area contributed by atoms with Gasteiger partial charge in [-0.25, -0.2) is 4.98 Å². The molecule has 9 rings (SSSR count). The van der Waals surface area contributed by atoms with E-state index in [1.165, 1.54) is 7.05 Å². The molecule has 0 bridgehead atoms. The molecule has 2 aromatic heterocycles. The van der Waals surface area contributed by atoms with Gasteiger partial charge in [-0.3, -0.25) is 43.9 Å². The van der Waals surface area contributed by atoms with Crippen molar-refractivity contribution in [1.29, 1.82) is 0 Å². The van der Waals surface area contributed by atoms with Crippen LogP contribution in [0.5, 0.6) is 5.75 Å². The lowest BCUT2D eigenvalue weighted by Gasteiger charge is -2.53. The van der Waals surface area contributed by atoms with Crippen LogP contribution in [0.1, 0.15) is 93.0 Å². The summed E-state index contributed by atoms with van der Waals surface area (Å²) < 4.78 is 13.9. The molecule has 4 aliphatic heterocycles. The number of imide groups is 2. The van der Waals surface area contributed by atoms with E-state index in [4.69, 9.17) is 26.1 Å². The fraction of sp³-hybridized carbons (Fsp3) is 0.489. The normalized spacial score (nSPS) is 23.9. The molecule has 4 fully saturated rings. The van der Waals surface area contributed by atoms with Gasteiger partial charge in [0.1, 0.15) is 11.1 Å². The summed E-state index contributed by atoms with van der Waals surface area (Å²) in [5.74, 6) is -1.25. The van der Waals surface area contributed by atoms with Gasteiger partial charge in [0.2, 0.25) is 17.8 Å². The second-order valence-electron chi connectivity index (χ2n) is 18.3. The predicted octanol–water partition coefficient (Wildman–Crippen LogP) is 4.41. The van der Waals surface area contributed by atoms with Crippen molar-refractivity contribution in [1.82, 2.24) is 35.0 Å². The zero-order valence-corrected chi connectivity index (χ0v) is 38.5. The van der Waals surface area contributed by atoms with Crippen LogP contribution >= 0.6 is 11.6 Å². The smallest absolute Gasteiger partial charge is 0.293 e. The third kappa shape index (κ3) is 8.68. The monoisotopic (exact) mass is 922 g/mol. The Morgan fingerprint density at radius 1 is 0.909 bits per heavy atom. The number of nitrogens with one attached hydrogen (secondary N) is 3. The highest BCUT2D eigenvalue weighted by Crippen LogP contribution is 2.38. The summed E-state index contributed by atoms with van der Waals surface area (Å²) in [6.45, 7) is 11.0. The van der Waals surface area contributed by atoms with Crippen molar-refractivity contribution in [2.75, 3.05) is 55.0 Å². The second-order valence-corrected chi connectivity index (χ2v) is 18.7. The quantitative estimate of drug-likeness (QED) is 0.169. The molecule has 5 aliphatic rings. The Bertz CT molecular complexity index is 2650. The highest BCUT2D eigenvalue weighted by Gasteiger charge is 2.46. The number of hydrogen-bond donors (Lipinski definition) is 3. The number of amides is 5. The van der Waals surface area contributed by atoms with E-state index >= 15 is 0 Å². The highest BCUT2D eigenvalue weighted by molar-refractivity contribution is 6.33. The molecule has 3 saturated heterocycles. The van der Waals surface area contributed by atoms with E-state index in [0.29, 0.717) is 34.1 Å². The summed E-state index contributed by atoms with van der Waals surface area (Å²) in [6.07, 6.45) is 5.73. The van der Waals surface area contributed by atoms with Crippen molar-refractivity contribution in [2.45, 2.75) is 109 Å². The molecule has 66 heavy (non-hydrogen) atoms. The van der Waals surface area contributed by atoms with Gasteiger partial charge in [0.05, 0.1) is 35.0 Å². The Labute approximate surface area is 386 Å². The third-order valence-corrected chi connectivity index (χ3v) is 13.8. The van der Waals surface area contributed by atoms with Crippen molar-refractivity contribution in [3.8, 4) is 5.75 Å². The summed E-state index contributed by atoms with van der Waals surface area (Å²) in [5.41, 5.74) is 2.55. The second kappa shape index (κ2) is 18.3. The molecule has 19 heteroatoms. The van der Waals surface area contributed by atoms with Crippen molar-refractivity contribution in [2.24, 2.45) is 0 Å². The lowest BCUT2D eigenvalue weighted by atomic mass is 9.84. The van der Waals surface area contributed by atoms with Gasteiger partial charge in [-0.1, -0.05) is 11.6 Å². The molecule has 348 valence electrons. The van der Waals surface area contributed by atoms with Gasteiger partial charge in [0.15, 0.2) is 18.2 Å². The van der Waals surface area contributed by atoms with Crippen molar-refractivity contribution < 1.29 is 33.4 Å². The van der Waals surface area contributed by atoms with Crippen LogP contribution < -0.4 is 36.0 Å². The van der Waals surface area contributed by atoms with Gasteiger partial charge in [-0.2, -0.15) is 4.98 Å². The van der Waals surface area contributed by atoms with E-state index in [-0.39, 0.29) is 72.6 Å².